The summed E-state index contributed by atoms with van der Waals surface area (Å²) in [6, 6.07) is 0. The molecule has 2 unspecified atom stereocenters. The van der Waals surface area contributed by atoms with Crippen LogP contribution in [0.5, 0.6) is 0 Å². The van der Waals surface area contributed by atoms with Gasteiger partial charge in [-0.05, 0) is 43.4 Å². The number of hydrogen-bond donors (Lipinski definition) is 3. The molecule has 94 heavy (non-hydrogen) atoms. The third-order valence-corrected chi connectivity index (χ3v) is 19.3. The number of rotatable bonds is 73. The van der Waals surface area contributed by atoms with E-state index in [1.165, 1.54) is 186 Å². The molecule has 0 aliphatic rings. The van der Waals surface area contributed by atoms with E-state index in [9.17, 15) is 43.2 Å². The zero-order valence-corrected chi connectivity index (χ0v) is 63.2. The van der Waals surface area contributed by atoms with Crippen LogP contribution in [0.25, 0.3) is 0 Å². The van der Waals surface area contributed by atoms with E-state index in [1.54, 1.807) is 0 Å². The van der Waals surface area contributed by atoms with Gasteiger partial charge in [0.05, 0.1) is 26.4 Å². The van der Waals surface area contributed by atoms with Gasteiger partial charge in [0.1, 0.15) is 19.3 Å². The lowest BCUT2D eigenvalue weighted by Gasteiger charge is -2.21. The summed E-state index contributed by atoms with van der Waals surface area (Å²) in [5, 5.41) is 10.6. The third-order valence-electron chi connectivity index (χ3n) is 17.4. The predicted molar refractivity (Wildman–Crippen MR) is 381 cm³/mol. The van der Waals surface area contributed by atoms with Gasteiger partial charge in [0.25, 0.3) is 0 Å². The lowest BCUT2D eigenvalue weighted by molar-refractivity contribution is -0.161. The van der Waals surface area contributed by atoms with Gasteiger partial charge in [-0.15, -0.1) is 0 Å². The first-order chi connectivity index (χ1) is 45.2. The molecule has 0 saturated heterocycles. The van der Waals surface area contributed by atoms with Crippen molar-refractivity contribution in [1.82, 2.24) is 0 Å². The Morgan fingerprint density at radius 2 is 0.489 bits per heavy atom. The van der Waals surface area contributed by atoms with Gasteiger partial charge in [0, 0.05) is 25.7 Å². The van der Waals surface area contributed by atoms with Gasteiger partial charge < -0.3 is 33.8 Å². The maximum Gasteiger partial charge on any atom is 0.472 e. The number of phosphoric ester groups is 2. The topological polar surface area (TPSA) is 237 Å². The summed E-state index contributed by atoms with van der Waals surface area (Å²) < 4.78 is 68.3. The number of esters is 4. The smallest absolute Gasteiger partial charge is 0.462 e. The fourth-order valence-electron chi connectivity index (χ4n) is 11.4. The molecule has 558 valence electrons. The normalized spacial score (nSPS) is 14.1. The van der Waals surface area contributed by atoms with Crippen molar-refractivity contribution < 1.29 is 80.2 Å². The molecule has 0 spiro atoms. The van der Waals surface area contributed by atoms with E-state index in [4.69, 9.17) is 37.0 Å². The number of phosphoric acid groups is 2. The largest absolute Gasteiger partial charge is 0.472 e. The fraction of sp³-hybridized carbons (Fsp3) is 0.947. The average Bonchev–Trinajstić information content (AvgIpc) is 1.30. The minimum Gasteiger partial charge on any atom is -0.462 e. The number of carbonyl (C=O) groups is 4. The van der Waals surface area contributed by atoms with Gasteiger partial charge in [-0.25, -0.2) is 9.13 Å². The van der Waals surface area contributed by atoms with Crippen LogP contribution in [0.15, 0.2) is 0 Å². The van der Waals surface area contributed by atoms with Crippen molar-refractivity contribution in [3.63, 3.8) is 0 Å². The molecule has 5 atom stereocenters. The van der Waals surface area contributed by atoms with E-state index in [0.29, 0.717) is 25.7 Å². The Morgan fingerprint density at radius 1 is 0.287 bits per heavy atom. The van der Waals surface area contributed by atoms with Crippen molar-refractivity contribution in [2.24, 2.45) is 17.8 Å². The fourth-order valence-corrected chi connectivity index (χ4v) is 13.0. The molecule has 0 heterocycles. The predicted octanol–water partition coefficient (Wildman–Crippen LogP) is 21.8. The number of aliphatic hydroxyl groups is 1. The molecule has 0 bridgehead atoms. The van der Waals surface area contributed by atoms with Gasteiger partial charge in [-0.1, -0.05) is 331 Å². The SMILES string of the molecule is CCCCCCCC(=O)OC[C@H](COP(=O)(O)OC[C@H](O)COP(=O)(O)OC[C@@H](COC(=O)CCCCCCCCCCCCCCCCC(C)C)OC(=O)CCCCCCCCCCCCCCCCCCC(C)C)OC(=O)CCCCCCCCCCCCC(C)C. The molecule has 0 amide bonds. The van der Waals surface area contributed by atoms with Crippen molar-refractivity contribution in [3.05, 3.63) is 0 Å². The third kappa shape index (κ3) is 68.6. The summed E-state index contributed by atoms with van der Waals surface area (Å²) in [5.74, 6) is 0.231. The standard InChI is InChI=1S/C75H146O17P2/c1-8-9-10-39-49-56-72(77)85-62-70(91-74(79)59-52-45-38-32-26-25-29-35-42-48-55-68(6)7)64-89-93(81,82)87-60-69(76)61-88-94(83,84)90-65-71(63-86-73(78)57-50-43-36-30-23-19-16-15-18-22-28-34-41-47-54-67(4)5)92-75(80)58-51-44-37-31-24-20-14-12-11-13-17-21-27-33-40-46-53-66(2)3/h66-71,76H,8-65H2,1-7H3,(H,81,82)(H,83,84)/t69-,70+,71+/m0/s1. The Labute approximate surface area is 575 Å². The molecule has 19 heteroatoms. The average molecular weight is 1380 g/mol. The molecule has 0 saturated carbocycles. The minimum absolute atomic E-state index is 0.105. The van der Waals surface area contributed by atoms with Crippen LogP contribution in [0.4, 0.5) is 0 Å². The van der Waals surface area contributed by atoms with E-state index >= 15 is 0 Å². The first-order valence-corrected chi connectivity index (χ1v) is 41.8. The molecule has 0 fully saturated rings. The van der Waals surface area contributed by atoms with Crippen LogP contribution in [-0.2, 0) is 65.4 Å². The molecule has 0 aliphatic heterocycles. The van der Waals surface area contributed by atoms with Gasteiger partial charge >= 0.3 is 39.5 Å². The van der Waals surface area contributed by atoms with E-state index in [2.05, 4.69) is 48.5 Å². The van der Waals surface area contributed by atoms with Crippen molar-refractivity contribution in [2.75, 3.05) is 39.6 Å². The van der Waals surface area contributed by atoms with E-state index in [0.717, 1.165) is 114 Å². The number of ether oxygens (including phenoxy) is 4. The van der Waals surface area contributed by atoms with Crippen LogP contribution in [0.3, 0.4) is 0 Å². The Kier molecular flexibility index (Phi) is 64.3. The summed E-state index contributed by atoms with van der Waals surface area (Å²) in [4.78, 5) is 72.5. The highest BCUT2D eigenvalue weighted by Crippen LogP contribution is 2.45. The zero-order chi connectivity index (χ0) is 69.4. The van der Waals surface area contributed by atoms with E-state index in [-0.39, 0.29) is 25.7 Å². The lowest BCUT2D eigenvalue weighted by Crippen LogP contribution is -2.30. The molecule has 17 nitrogen and oxygen atoms in total. The second-order valence-corrected chi connectivity index (χ2v) is 31.4. The minimum atomic E-state index is -4.96. The molecule has 0 rings (SSSR count). The van der Waals surface area contributed by atoms with Crippen LogP contribution in [-0.4, -0.2) is 96.7 Å². The molecule has 0 aromatic heterocycles. The summed E-state index contributed by atoms with van der Waals surface area (Å²) >= 11 is 0. The molecule has 0 radical (unpaired) electrons. The van der Waals surface area contributed by atoms with Gasteiger partial charge in [0.15, 0.2) is 12.2 Å². The first kappa shape index (κ1) is 92.1. The highest BCUT2D eigenvalue weighted by Gasteiger charge is 2.30. The maximum atomic E-state index is 13.1. The van der Waals surface area contributed by atoms with Gasteiger partial charge in [-0.3, -0.25) is 37.3 Å². The Bertz CT molecular complexity index is 1840. The van der Waals surface area contributed by atoms with Crippen LogP contribution in [0, 0.1) is 17.8 Å². The lowest BCUT2D eigenvalue weighted by atomic mass is 10.0. The second kappa shape index (κ2) is 65.7. The maximum absolute atomic E-state index is 13.1. The first-order valence-electron chi connectivity index (χ1n) is 38.8. The van der Waals surface area contributed by atoms with Crippen LogP contribution in [0.1, 0.15) is 382 Å². The van der Waals surface area contributed by atoms with Crippen molar-refractivity contribution in [3.8, 4) is 0 Å². The molecular weight excluding hydrogens is 1230 g/mol. The second-order valence-electron chi connectivity index (χ2n) is 28.5. The zero-order valence-electron chi connectivity index (χ0n) is 61.4. The Balaban J connectivity index is 5.15. The highest BCUT2D eigenvalue weighted by atomic mass is 31.2. The van der Waals surface area contributed by atoms with Crippen molar-refractivity contribution >= 4 is 39.5 Å². The van der Waals surface area contributed by atoms with Crippen molar-refractivity contribution in [1.29, 1.82) is 0 Å². The highest BCUT2D eigenvalue weighted by molar-refractivity contribution is 7.47. The van der Waals surface area contributed by atoms with Crippen LogP contribution in [0.2, 0.25) is 0 Å². The van der Waals surface area contributed by atoms with Gasteiger partial charge in [0.2, 0.25) is 0 Å². The summed E-state index contributed by atoms with van der Waals surface area (Å²) in [7, 11) is -9.90. The molecule has 0 aromatic carbocycles. The molecule has 0 aliphatic carbocycles. The van der Waals surface area contributed by atoms with Gasteiger partial charge in [-0.2, -0.15) is 0 Å². The number of carbonyl (C=O) groups excluding carboxylic acids is 4. The number of aliphatic hydroxyl groups excluding tert-OH is 1. The Hall–Kier alpha value is -1.94. The quantitative estimate of drug-likeness (QED) is 0.0222. The summed E-state index contributed by atoms with van der Waals surface area (Å²) in [6.45, 7) is 11.8. The van der Waals surface area contributed by atoms with E-state index < -0.39 is 97.5 Å². The molecule has 3 N–H and O–H groups in total. The summed E-state index contributed by atoms with van der Waals surface area (Å²) in [6.07, 6.45) is 51.8. The van der Waals surface area contributed by atoms with Crippen molar-refractivity contribution in [2.45, 2.75) is 401 Å². The number of hydrogen-bond acceptors (Lipinski definition) is 15. The van der Waals surface area contributed by atoms with Crippen LogP contribution < -0.4 is 0 Å². The monoisotopic (exact) mass is 1380 g/mol. The number of unbranched alkanes of at least 4 members (excludes halogenated alkanes) is 41. The molecular formula is C75H146O17P2. The Morgan fingerprint density at radius 3 is 0.723 bits per heavy atom. The molecule has 0 aromatic rings. The summed E-state index contributed by atoms with van der Waals surface area (Å²) in [5.41, 5.74) is 0. The van der Waals surface area contributed by atoms with E-state index in [1.807, 2.05) is 0 Å². The van der Waals surface area contributed by atoms with Crippen LogP contribution >= 0.6 is 15.6 Å².